The Labute approximate surface area is 237 Å². The monoisotopic (exact) mass is 605 g/mol. The Morgan fingerprint density at radius 2 is 1.71 bits per heavy atom. The maximum absolute atomic E-state index is 14.1. The summed E-state index contributed by atoms with van der Waals surface area (Å²) in [6.45, 7) is 6.49. The van der Waals surface area contributed by atoms with Gasteiger partial charge in [-0.15, -0.1) is 0 Å². The second kappa shape index (κ2) is 11.9. The second-order valence-corrected chi connectivity index (χ2v) is 11.9. The highest BCUT2D eigenvalue weighted by Gasteiger charge is 2.39. The molecule has 4 rings (SSSR count). The molecule has 1 atom stereocenters. The van der Waals surface area contributed by atoms with E-state index in [1.165, 1.54) is 0 Å². The third-order valence-corrected chi connectivity index (χ3v) is 8.23. The van der Waals surface area contributed by atoms with E-state index in [9.17, 15) is 18.7 Å². The Morgan fingerprint density at radius 3 is 2.18 bits per heavy atom. The molecule has 3 heterocycles. The molecule has 15 heteroatoms. The number of carboxylic acids is 1. The lowest BCUT2D eigenvalue weighted by Gasteiger charge is -2.40. The Kier molecular flexibility index (Phi) is 9.00. The highest BCUT2D eigenvalue weighted by atomic mass is 35.5. The first-order chi connectivity index (χ1) is 17.9. The molecule has 3 aromatic rings. The fraction of sp³-hybridized carbons (Fsp3) is 0.565. The summed E-state index contributed by atoms with van der Waals surface area (Å²) in [5, 5.41) is 10.2. The molecule has 206 valence electrons. The maximum Gasteiger partial charge on any atom is 0.303 e. The molecule has 9 nitrogen and oxygen atoms in total. The molecule has 0 saturated heterocycles. The van der Waals surface area contributed by atoms with Crippen LogP contribution in [0.5, 0.6) is 0 Å². The molecule has 1 saturated carbocycles. The van der Waals surface area contributed by atoms with E-state index in [4.69, 9.17) is 28.2 Å². The molecule has 1 fully saturated rings. The summed E-state index contributed by atoms with van der Waals surface area (Å²) in [7, 11) is 0. The first-order valence-corrected chi connectivity index (χ1v) is 14.4. The third kappa shape index (κ3) is 6.85. The number of anilines is 4. The molecule has 1 aliphatic carbocycles. The summed E-state index contributed by atoms with van der Waals surface area (Å²) >= 11 is 14.2. The molecule has 0 aliphatic heterocycles. The van der Waals surface area contributed by atoms with Gasteiger partial charge >= 0.3 is 5.97 Å². The van der Waals surface area contributed by atoms with Crippen LogP contribution in [-0.2, 0) is 4.79 Å². The van der Waals surface area contributed by atoms with E-state index in [1.54, 1.807) is 18.0 Å². The van der Waals surface area contributed by atoms with E-state index < -0.39 is 11.9 Å². The van der Waals surface area contributed by atoms with Gasteiger partial charge in [0, 0.05) is 54.7 Å². The van der Waals surface area contributed by atoms with Crippen LogP contribution in [0, 0.1) is 5.92 Å². The van der Waals surface area contributed by atoms with Crippen molar-refractivity contribution in [2.45, 2.75) is 70.8 Å². The highest BCUT2D eigenvalue weighted by Crippen LogP contribution is 2.45. The normalized spacial score (nSPS) is 16.5. The van der Waals surface area contributed by atoms with Crippen molar-refractivity contribution in [3.05, 3.63) is 28.4 Å². The lowest BCUT2D eigenvalue weighted by molar-refractivity contribution is -0.137. The lowest BCUT2D eigenvalue weighted by atomic mass is 9.90. The van der Waals surface area contributed by atoms with Crippen LogP contribution in [0.4, 0.5) is 30.5 Å². The van der Waals surface area contributed by atoms with Crippen molar-refractivity contribution in [2.75, 3.05) is 16.3 Å². The van der Waals surface area contributed by atoms with E-state index in [0.29, 0.717) is 46.7 Å². The number of aromatic nitrogens is 5. The van der Waals surface area contributed by atoms with E-state index in [1.807, 2.05) is 6.07 Å². The van der Waals surface area contributed by atoms with Crippen molar-refractivity contribution >= 4 is 74.0 Å². The molecule has 0 aromatic carbocycles. The van der Waals surface area contributed by atoms with Crippen LogP contribution >= 0.6 is 46.3 Å². The molecule has 38 heavy (non-hydrogen) atoms. The lowest BCUT2D eigenvalue weighted by Crippen LogP contribution is -2.43. The van der Waals surface area contributed by atoms with Crippen LogP contribution < -0.4 is 9.80 Å². The molecular formula is C23H27Cl2F2N7O2S2. The largest absolute Gasteiger partial charge is 0.481 e. The van der Waals surface area contributed by atoms with Crippen molar-refractivity contribution in [3.63, 3.8) is 0 Å². The molecule has 0 bridgehead atoms. The number of pyridine rings is 1. The number of nitrogens with zero attached hydrogens (tertiary/aromatic N) is 7. The van der Waals surface area contributed by atoms with Crippen LogP contribution in [0.15, 0.2) is 12.3 Å². The number of carboxylic acid groups (broad SMARTS) is 1. The van der Waals surface area contributed by atoms with Crippen LogP contribution in [0.2, 0.25) is 10.6 Å². The number of hydrogen-bond donors (Lipinski definition) is 1. The Morgan fingerprint density at radius 1 is 1.13 bits per heavy atom. The quantitative estimate of drug-likeness (QED) is 0.257. The van der Waals surface area contributed by atoms with Gasteiger partial charge < -0.3 is 10.0 Å². The average Bonchev–Trinajstić information content (AvgIpc) is 3.45. The minimum atomic E-state index is -2.68. The van der Waals surface area contributed by atoms with Gasteiger partial charge in [-0.2, -0.15) is 18.7 Å². The van der Waals surface area contributed by atoms with Crippen molar-refractivity contribution in [3.8, 4) is 0 Å². The minimum Gasteiger partial charge on any atom is -0.481 e. The Hall–Kier alpha value is -2.22. The van der Waals surface area contributed by atoms with Gasteiger partial charge in [0.1, 0.15) is 0 Å². The summed E-state index contributed by atoms with van der Waals surface area (Å²) in [5.41, 5.74) is 1.22. The molecule has 0 spiro atoms. The van der Waals surface area contributed by atoms with Crippen molar-refractivity contribution in [1.29, 1.82) is 0 Å². The first kappa shape index (κ1) is 28.8. The standard InChI is InChI=1S/C23H27Cl2F2N7O2S2/c1-12(2)11-33(15-4-6-23(26,27)7-5-15)18-16(9-14(10-28-18)13(3)8-17(35)36)34(21-29-19(24)31-37-21)22-30-20(25)32-38-22/h9-10,12-13,15H,4-8,11H2,1-3H3,(H,35,36)/t13-/m1/s1. The third-order valence-electron chi connectivity index (χ3n) is 6.28. The van der Waals surface area contributed by atoms with Crippen molar-refractivity contribution in [1.82, 2.24) is 23.7 Å². The van der Waals surface area contributed by atoms with Crippen molar-refractivity contribution < 1.29 is 18.7 Å². The first-order valence-electron chi connectivity index (χ1n) is 12.1. The predicted octanol–water partition coefficient (Wildman–Crippen LogP) is 7.18. The SMILES string of the molecule is CC(C)CN(c1ncc([C@H](C)CC(=O)O)cc1N(c1nc(Cl)ns1)c1nc(Cl)ns1)C1CCC(F)(F)CC1. The summed E-state index contributed by atoms with van der Waals surface area (Å²) in [4.78, 5) is 28.7. The number of alkyl halides is 2. The molecule has 1 aliphatic rings. The fourth-order valence-electron chi connectivity index (χ4n) is 4.50. The van der Waals surface area contributed by atoms with E-state index in [-0.39, 0.29) is 47.7 Å². The van der Waals surface area contributed by atoms with Gasteiger partial charge in [-0.05, 0) is 59.5 Å². The summed E-state index contributed by atoms with van der Waals surface area (Å²) in [5.74, 6) is -3.21. The van der Waals surface area contributed by atoms with Crippen LogP contribution in [0.3, 0.4) is 0 Å². The number of carbonyl (C=O) groups is 1. The zero-order valence-electron chi connectivity index (χ0n) is 20.9. The predicted molar refractivity (Wildman–Crippen MR) is 146 cm³/mol. The second-order valence-electron chi connectivity index (χ2n) is 9.77. The van der Waals surface area contributed by atoms with Gasteiger partial charge in [0.15, 0.2) is 5.82 Å². The molecule has 0 unspecified atom stereocenters. The number of hydrogen-bond acceptors (Lipinski definition) is 10. The fourth-order valence-corrected chi connectivity index (χ4v) is 6.21. The molecule has 3 aromatic heterocycles. The number of rotatable bonds is 10. The molecule has 0 amide bonds. The number of aliphatic carboxylic acids is 1. The zero-order chi connectivity index (χ0) is 27.6. The molecular weight excluding hydrogens is 579 g/mol. The zero-order valence-corrected chi connectivity index (χ0v) is 24.1. The van der Waals surface area contributed by atoms with Crippen LogP contribution in [-0.4, -0.2) is 53.3 Å². The molecule has 1 N–H and O–H groups in total. The maximum atomic E-state index is 14.1. The topological polar surface area (TPSA) is 108 Å². The Bertz CT molecular complexity index is 1230. The van der Waals surface area contributed by atoms with Crippen LogP contribution in [0.25, 0.3) is 0 Å². The highest BCUT2D eigenvalue weighted by molar-refractivity contribution is 7.12. The van der Waals surface area contributed by atoms with E-state index in [2.05, 4.69) is 37.5 Å². The molecule has 0 radical (unpaired) electrons. The van der Waals surface area contributed by atoms with Gasteiger partial charge in [0.2, 0.25) is 26.8 Å². The van der Waals surface area contributed by atoms with Crippen LogP contribution in [0.1, 0.15) is 64.4 Å². The van der Waals surface area contributed by atoms with Gasteiger partial charge in [-0.3, -0.25) is 9.69 Å². The summed E-state index contributed by atoms with van der Waals surface area (Å²) in [6, 6.07) is 1.68. The van der Waals surface area contributed by atoms with Gasteiger partial charge in [-0.1, -0.05) is 20.8 Å². The van der Waals surface area contributed by atoms with Gasteiger partial charge in [0.05, 0.1) is 12.1 Å². The minimum absolute atomic E-state index is 0.0454. The smallest absolute Gasteiger partial charge is 0.303 e. The number of halogens is 4. The van der Waals surface area contributed by atoms with E-state index in [0.717, 1.165) is 23.1 Å². The summed E-state index contributed by atoms with van der Waals surface area (Å²) < 4.78 is 36.3. The van der Waals surface area contributed by atoms with Crippen molar-refractivity contribution in [2.24, 2.45) is 5.92 Å². The Balaban J connectivity index is 1.89. The summed E-state index contributed by atoms with van der Waals surface area (Å²) in [6.07, 6.45) is 1.79. The van der Waals surface area contributed by atoms with E-state index >= 15 is 0 Å². The van der Waals surface area contributed by atoms with Gasteiger partial charge in [-0.25, -0.2) is 13.8 Å². The average molecular weight is 607 g/mol. The van der Waals surface area contributed by atoms with Gasteiger partial charge in [0.25, 0.3) is 0 Å².